The minimum atomic E-state index is -1.35. The molecule has 3 aromatic carbocycles. The second-order valence-electron chi connectivity index (χ2n) is 12.0. The van der Waals surface area contributed by atoms with Crippen LogP contribution in [0.15, 0.2) is 91.0 Å². The Morgan fingerprint density at radius 3 is 1.67 bits per heavy atom. The summed E-state index contributed by atoms with van der Waals surface area (Å²) in [5.41, 5.74) is 0.761. The van der Waals surface area contributed by atoms with Crippen molar-refractivity contribution < 1.29 is 61.8 Å². The van der Waals surface area contributed by atoms with Crippen LogP contribution in [0.2, 0.25) is 0 Å². The molecule has 49 heavy (non-hydrogen) atoms. The Bertz CT molecular complexity index is 1610. The largest absolute Gasteiger partial charge is 0.459 e. The Hall–Kier alpha value is -4.66. The molecule has 3 aliphatic heterocycles. The maximum atomic E-state index is 13.4. The maximum Gasteiger partial charge on any atom is 0.338 e. The van der Waals surface area contributed by atoms with Gasteiger partial charge in [-0.2, -0.15) is 0 Å². The zero-order valence-electron chi connectivity index (χ0n) is 27.0. The fraction of sp³-hybridized carbons (Fsp3) is 0.389. The van der Waals surface area contributed by atoms with Crippen LogP contribution in [0.5, 0.6) is 0 Å². The van der Waals surface area contributed by atoms with E-state index in [0.717, 1.165) is 0 Å². The van der Waals surface area contributed by atoms with Gasteiger partial charge in [0.05, 0.1) is 23.3 Å². The molecule has 13 nitrogen and oxygen atoms in total. The third-order valence-electron chi connectivity index (χ3n) is 7.97. The summed E-state index contributed by atoms with van der Waals surface area (Å²) < 4.78 is 53.0. The van der Waals surface area contributed by atoms with Crippen LogP contribution in [0.25, 0.3) is 0 Å². The summed E-state index contributed by atoms with van der Waals surface area (Å²) in [6.07, 6.45) is -8.42. The highest BCUT2D eigenvalue weighted by Crippen LogP contribution is 2.39. The van der Waals surface area contributed by atoms with E-state index in [2.05, 4.69) is 0 Å². The van der Waals surface area contributed by atoms with Gasteiger partial charge >= 0.3 is 23.9 Å². The molecule has 3 aromatic rings. The summed E-state index contributed by atoms with van der Waals surface area (Å²) >= 11 is 0. The van der Waals surface area contributed by atoms with Crippen molar-refractivity contribution in [1.82, 2.24) is 0 Å². The highest BCUT2D eigenvalue weighted by Gasteiger charge is 2.57. The van der Waals surface area contributed by atoms with Crippen molar-refractivity contribution in [1.29, 1.82) is 0 Å². The van der Waals surface area contributed by atoms with Crippen LogP contribution >= 0.6 is 0 Å². The number of carbonyl (C=O) groups is 4. The van der Waals surface area contributed by atoms with Crippen molar-refractivity contribution in [2.75, 3.05) is 13.2 Å². The van der Waals surface area contributed by atoms with Crippen LogP contribution in [-0.2, 0) is 47.4 Å². The minimum absolute atomic E-state index is 0.229. The quantitative estimate of drug-likeness (QED) is 0.214. The molecular formula is C36H36O13. The van der Waals surface area contributed by atoms with Crippen molar-refractivity contribution in [3.05, 3.63) is 108 Å². The summed E-state index contributed by atoms with van der Waals surface area (Å²) in [7, 11) is 0. The second kappa shape index (κ2) is 14.8. The summed E-state index contributed by atoms with van der Waals surface area (Å²) in [5, 5.41) is 0. The molecule has 0 unspecified atom stereocenters. The number of carbonyl (C=O) groups excluding carboxylic acids is 4. The van der Waals surface area contributed by atoms with E-state index in [-0.39, 0.29) is 24.3 Å². The predicted molar refractivity (Wildman–Crippen MR) is 167 cm³/mol. The molecule has 3 aliphatic rings. The van der Waals surface area contributed by atoms with E-state index in [1.54, 1.807) is 105 Å². The van der Waals surface area contributed by atoms with Gasteiger partial charge in [-0.25, -0.2) is 14.4 Å². The molecule has 0 aromatic heterocycles. The Morgan fingerprint density at radius 2 is 1.12 bits per heavy atom. The number of hydrogen-bond donors (Lipinski definition) is 0. The molecule has 0 N–H and O–H groups in total. The van der Waals surface area contributed by atoms with Crippen molar-refractivity contribution in [2.24, 2.45) is 0 Å². The monoisotopic (exact) mass is 676 g/mol. The van der Waals surface area contributed by atoms with E-state index in [1.165, 1.54) is 6.92 Å². The summed E-state index contributed by atoms with van der Waals surface area (Å²) in [4.78, 5) is 51.6. The maximum absolute atomic E-state index is 13.4. The van der Waals surface area contributed by atoms with Gasteiger partial charge < -0.3 is 42.6 Å². The lowest BCUT2D eigenvalue weighted by molar-refractivity contribution is -0.237. The van der Waals surface area contributed by atoms with Crippen molar-refractivity contribution >= 4 is 23.9 Å². The fourth-order valence-electron chi connectivity index (χ4n) is 5.78. The molecule has 0 radical (unpaired) electrons. The van der Waals surface area contributed by atoms with E-state index in [0.29, 0.717) is 5.56 Å². The van der Waals surface area contributed by atoms with E-state index >= 15 is 0 Å². The SMILES string of the molecule is CC(=O)O[C@@H]1[C@H]2OC(C)(C)O[C@H]2O[C@@H]1CO[C@@H]1O[C@@H](COC(=O)c2ccccc2)[C@H](OC(=O)c2ccccc2)[C@H]1OC(=O)c1ccccc1. The molecule has 0 saturated carbocycles. The van der Waals surface area contributed by atoms with Gasteiger partial charge in [-0.05, 0) is 50.2 Å². The van der Waals surface area contributed by atoms with Crippen LogP contribution in [-0.4, -0.2) is 92.1 Å². The minimum Gasteiger partial charge on any atom is -0.459 e. The summed E-state index contributed by atoms with van der Waals surface area (Å²) in [6.45, 7) is 4.07. The first-order valence-corrected chi connectivity index (χ1v) is 15.8. The molecule has 3 fully saturated rings. The summed E-state index contributed by atoms with van der Waals surface area (Å²) in [6, 6.07) is 24.8. The second-order valence-corrected chi connectivity index (χ2v) is 12.0. The Morgan fingerprint density at radius 1 is 0.612 bits per heavy atom. The van der Waals surface area contributed by atoms with Crippen LogP contribution in [0.3, 0.4) is 0 Å². The first-order chi connectivity index (χ1) is 23.6. The van der Waals surface area contributed by atoms with Crippen molar-refractivity contribution in [3.8, 4) is 0 Å². The fourth-order valence-corrected chi connectivity index (χ4v) is 5.78. The number of esters is 4. The first kappa shape index (κ1) is 34.2. The standard InChI is InChI=1S/C36H36O13/c1-21(37)43-28-26(45-35-30(28)48-36(2,3)49-35)20-42-34-29(47-33(40)24-17-11-6-12-18-24)27(46-32(39)23-15-9-5-10-16-23)25(44-34)19-41-31(38)22-13-7-4-8-14-22/h4-18,25-30,34-35H,19-20H2,1-3H3/t25-,26+,27-,28-,29+,30+,34+,35+/m0/s1. The molecule has 0 bridgehead atoms. The number of rotatable bonds is 11. The lowest BCUT2D eigenvalue weighted by Gasteiger charge is -2.27. The molecule has 3 saturated heterocycles. The lowest BCUT2D eigenvalue weighted by Crippen LogP contribution is -2.44. The molecule has 0 aliphatic carbocycles. The molecule has 0 spiro atoms. The highest BCUT2D eigenvalue weighted by atomic mass is 16.8. The van der Waals surface area contributed by atoms with Crippen LogP contribution in [0, 0.1) is 0 Å². The Kier molecular flexibility index (Phi) is 10.4. The molecule has 8 atom stereocenters. The average molecular weight is 677 g/mol. The van der Waals surface area contributed by atoms with E-state index in [1.807, 2.05) is 0 Å². The van der Waals surface area contributed by atoms with Crippen LogP contribution in [0.4, 0.5) is 0 Å². The topological polar surface area (TPSA) is 151 Å². The van der Waals surface area contributed by atoms with Gasteiger partial charge in [0.2, 0.25) is 0 Å². The Balaban J connectivity index is 1.25. The predicted octanol–water partition coefficient (Wildman–Crippen LogP) is 3.84. The van der Waals surface area contributed by atoms with Crippen LogP contribution < -0.4 is 0 Å². The van der Waals surface area contributed by atoms with Gasteiger partial charge in [-0.1, -0.05) is 54.6 Å². The number of fused-ring (bicyclic) bond motifs is 1. The van der Waals surface area contributed by atoms with Gasteiger partial charge in [0, 0.05) is 6.92 Å². The molecule has 0 amide bonds. The molecule has 13 heteroatoms. The van der Waals surface area contributed by atoms with Gasteiger partial charge in [-0.15, -0.1) is 0 Å². The Labute approximate surface area is 282 Å². The van der Waals surface area contributed by atoms with E-state index < -0.39 is 78.9 Å². The van der Waals surface area contributed by atoms with Crippen molar-refractivity contribution in [3.63, 3.8) is 0 Å². The lowest BCUT2D eigenvalue weighted by atomic mass is 10.1. The van der Waals surface area contributed by atoms with E-state index in [4.69, 9.17) is 42.6 Å². The summed E-state index contributed by atoms with van der Waals surface area (Å²) in [5.74, 6) is -3.64. The van der Waals surface area contributed by atoms with E-state index in [9.17, 15) is 19.2 Å². The third kappa shape index (κ3) is 8.15. The average Bonchev–Trinajstić information content (AvgIpc) is 3.70. The van der Waals surface area contributed by atoms with Gasteiger partial charge in [0.1, 0.15) is 18.8 Å². The van der Waals surface area contributed by atoms with Crippen molar-refractivity contribution in [2.45, 2.75) is 75.8 Å². The van der Waals surface area contributed by atoms with Gasteiger partial charge in [0.15, 0.2) is 42.8 Å². The van der Waals surface area contributed by atoms with Gasteiger partial charge in [-0.3, -0.25) is 4.79 Å². The number of benzene rings is 3. The third-order valence-corrected chi connectivity index (χ3v) is 7.97. The smallest absolute Gasteiger partial charge is 0.338 e. The number of hydrogen-bond acceptors (Lipinski definition) is 13. The highest BCUT2D eigenvalue weighted by molar-refractivity contribution is 5.91. The normalized spacial score (nSPS) is 28.3. The van der Waals surface area contributed by atoms with Gasteiger partial charge in [0.25, 0.3) is 0 Å². The number of ether oxygens (including phenoxy) is 9. The molecule has 3 heterocycles. The molecule has 258 valence electrons. The zero-order chi connectivity index (χ0) is 34.5. The first-order valence-electron chi connectivity index (χ1n) is 15.8. The zero-order valence-corrected chi connectivity index (χ0v) is 27.0. The molecule has 6 rings (SSSR count). The molecular weight excluding hydrogens is 640 g/mol. The van der Waals surface area contributed by atoms with Crippen LogP contribution in [0.1, 0.15) is 51.8 Å².